The van der Waals surface area contributed by atoms with E-state index in [9.17, 15) is 13.4 Å². The van der Waals surface area contributed by atoms with Crippen LogP contribution in [0.4, 0.5) is 4.39 Å². The van der Waals surface area contributed by atoms with Crippen LogP contribution in [-0.2, 0) is 15.8 Å². The molecule has 0 aliphatic rings. The predicted octanol–water partition coefficient (Wildman–Crippen LogP) is 1.19. The van der Waals surface area contributed by atoms with Crippen LogP contribution >= 0.6 is 0 Å². The van der Waals surface area contributed by atoms with Crippen LogP contribution in [-0.4, -0.2) is 21.8 Å². The van der Waals surface area contributed by atoms with Gasteiger partial charge in [0.15, 0.2) is 11.1 Å². The fourth-order valence-corrected chi connectivity index (χ4v) is 1.50. The average Bonchev–Trinajstić information content (AvgIpc) is 2.16. The Balaban J connectivity index is 3.36. The lowest BCUT2D eigenvalue weighted by molar-refractivity contribution is 0.0590. The van der Waals surface area contributed by atoms with Crippen LogP contribution < -0.4 is 0 Å². The van der Waals surface area contributed by atoms with Crippen molar-refractivity contribution in [2.75, 3.05) is 7.11 Å². The summed E-state index contributed by atoms with van der Waals surface area (Å²) < 4.78 is 36.9. The molecule has 1 aromatic rings. The zero-order chi connectivity index (χ0) is 10.7. The Morgan fingerprint density at radius 3 is 2.71 bits per heavy atom. The normalized spacial score (nSPS) is 12.2. The highest BCUT2D eigenvalue weighted by atomic mass is 32.2. The molecule has 1 unspecified atom stereocenters. The quantitative estimate of drug-likeness (QED) is 0.598. The second-order valence-electron chi connectivity index (χ2n) is 2.35. The smallest absolute Gasteiger partial charge is 0.342 e. The number of ether oxygens (including phenoxy) is 1. The molecule has 14 heavy (non-hydrogen) atoms. The van der Waals surface area contributed by atoms with Gasteiger partial charge in [0.05, 0.1) is 12.0 Å². The van der Waals surface area contributed by atoms with Crippen LogP contribution in [0, 0.1) is 5.82 Å². The minimum Gasteiger partial charge on any atom is -0.465 e. The number of halogens is 1. The lowest BCUT2D eigenvalue weighted by atomic mass is 10.2. The summed E-state index contributed by atoms with van der Waals surface area (Å²) >= 11 is -2.41. The second kappa shape index (κ2) is 4.30. The third kappa shape index (κ3) is 1.97. The molecule has 1 N–H and O–H groups in total. The number of hydrogen-bond donors (Lipinski definition) is 1. The summed E-state index contributed by atoms with van der Waals surface area (Å²) in [4.78, 5) is 10.8. The van der Waals surface area contributed by atoms with E-state index in [2.05, 4.69) is 4.74 Å². The van der Waals surface area contributed by atoms with E-state index >= 15 is 0 Å². The Morgan fingerprint density at radius 1 is 1.57 bits per heavy atom. The van der Waals surface area contributed by atoms with Crippen molar-refractivity contribution in [2.24, 2.45) is 0 Å². The molecule has 6 heteroatoms. The fourth-order valence-electron chi connectivity index (χ4n) is 0.950. The second-order valence-corrected chi connectivity index (χ2v) is 3.29. The summed E-state index contributed by atoms with van der Waals surface area (Å²) in [5.74, 6) is -1.85. The molecular weight excluding hydrogens is 211 g/mol. The summed E-state index contributed by atoms with van der Waals surface area (Å²) in [6.45, 7) is 0. The molecule has 76 valence electrons. The Labute approximate surface area is 82.0 Å². The molecule has 4 nitrogen and oxygen atoms in total. The van der Waals surface area contributed by atoms with Crippen LogP contribution in [0.25, 0.3) is 0 Å². The lowest BCUT2D eigenvalue weighted by Gasteiger charge is -2.04. The Hall–Kier alpha value is -1.27. The van der Waals surface area contributed by atoms with E-state index in [0.717, 1.165) is 13.2 Å². The van der Waals surface area contributed by atoms with Gasteiger partial charge in [-0.25, -0.2) is 13.4 Å². The molecule has 0 heterocycles. The highest BCUT2D eigenvalue weighted by molar-refractivity contribution is 7.79. The number of hydrogen-bond acceptors (Lipinski definition) is 3. The Kier molecular flexibility index (Phi) is 3.32. The summed E-state index contributed by atoms with van der Waals surface area (Å²) in [7, 11) is 1.07. The Morgan fingerprint density at radius 2 is 2.21 bits per heavy atom. The van der Waals surface area contributed by atoms with Gasteiger partial charge in [0.25, 0.3) is 0 Å². The van der Waals surface area contributed by atoms with Gasteiger partial charge < -0.3 is 9.29 Å². The van der Waals surface area contributed by atoms with Crippen LogP contribution in [0.5, 0.6) is 0 Å². The summed E-state index contributed by atoms with van der Waals surface area (Å²) in [5.41, 5.74) is -0.504. The van der Waals surface area contributed by atoms with Gasteiger partial charge in [-0.15, -0.1) is 0 Å². The molecule has 0 fully saturated rings. The van der Waals surface area contributed by atoms with Gasteiger partial charge in [-0.05, 0) is 12.1 Å². The predicted molar refractivity (Wildman–Crippen MR) is 46.8 cm³/mol. The first-order chi connectivity index (χ1) is 6.57. The van der Waals surface area contributed by atoms with Crippen molar-refractivity contribution in [3.63, 3.8) is 0 Å². The molecule has 1 atom stereocenters. The minimum atomic E-state index is -2.41. The molecule has 0 bridgehead atoms. The molecule has 0 radical (unpaired) electrons. The molecule has 0 aromatic heterocycles. The first-order valence-electron chi connectivity index (χ1n) is 3.55. The highest BCUT2D eigenvalue weighted by Crippen LogP contribution is 2.17. The van der Waals surface area contributed by atoms with E-state index in [4.69, 9.17) is 4.55 Å². The zero-order valence-corrected chi connectivity index (χ0v) is 8.01. The van der Waals surface area contributed by atoms with Gasteiger partial charge in [-0.3, -0.25) is 0 Å². The standard InChI is InChI=1S/C8H7FO4S/c1-13-8(10)7-5(9)3-2-4-6(7)14(11)12/h2-4H,1H3,(H,11,12). The number of methoxy groups -OCH3 is 1. The van der Waals surface area contributed by atoms with E-state index in [0.29, 0.717) is 0 Å². The number of benzene rings is 1. The first-order valence-corrected chi connectivity index (χ1v) is 4.66. The maximum atomic E-state index is 13.1. The van der Waals surface area contributed by atoms with Crippen LogP contribution in [0.3, 0.4) is 0 Å². The summed E-state index contributed by atoms with van der Waals surface area (Å²) in [5, 5.41) is 0. The molecule has 0 aliphatic heterocycles. The maximum absolute atomic E-state index is 13.1. The van der Waals surface area contributed by atoms with Crippen molar-refractivity contribution in [1.29, 1.82) is 0 Å². The third-order valence-electron chi connectivity index (χ3n) is 1.55. The fraction of sp³-hybridized carbons (Fsp3) is 0.125. The number of esters is 1. The molecule has 0 spiro atoms. The van der Waals surface area contributed by atoms with E-state index in [1.807, 2.05) is 0 Å². The van der Waals surface area contributed by atoms with Gasteiger partial charge >= 0.3 is 5.97 Å². The highest BCUT2D eigenvalue weighted by Gasteiger charge is 2.19. The van der Waals surface area contributed by atoms with Crippen LogP contribution in [0.2, 0.25) is 0 Å². The molecular formula is C8H7FO4S. The number of carbonyl (C=O) groups excluding carboxylic acids is 1. The topological polar surface area (TPSA) is 63.6 Å². The van der Waals surface area contributed by atoms with Crippen molar-refractivity contribution in [3.05, 3.63) is 29.6 Å². The van der Waals surface area contributed by atoms with Crippen molar-refractivity contribution < 1.29 is 22.7 Å². The molecule has 1 aromatic carbocycles. The van der Waals surface area contributed by atoms with E-state index in [1.165, 1.54) is 12.1 Å². The van der Waals surface area contributed by atoms with E-state index in [1.54, 1.807) is 0 Å². The van der Waals surface area contributed by atoms with Gasteiger partial charge in [0, 0.05) is 0 Å². The molecule has 0 amide bonds. The maximum Gasteiger partial charge on any atom is 0.342 e. The molecule has 0 saturated heterocycles. The van der Waals surface area contributed by atoms with Gasteiger partial charge in [0.1, 0.15) is 11.4 Å². The minimum absolute atomic E-state index is 0.295. The first kappa shape index (κ1) is 10.8. The molecule has 1 rings (SSSR count). The van der Waals surface area contributed by atoms with Gasteiger partial charge in [0.2, 0.25) is 0 Å². The van der Waals surface area contributed by atoms with Crippen molar-refractivity contribution >= 4 is 17.0 Å². The van der Waals surface area contributed by atoms with E-state index in [-0.39, 0.29) is 4.90 Å². The molecule has 0 aliphatic carbocycles. The number of carbonyl (C=O) groups is 1. The monoisotopic (exact) mass is 218 g/mol. The van der Waals surface area contributed by atoms with Crippen molar-refractivity contribution in [3.8, 4) is 0 Å². The molecule has 0 saturated carbocycles. The average molecular weight is 218 g/mol. The number of rotatable bonds is 2. The third-order valence-corrected chi connectivity index (χ3v) is 2.27. The van der Waals surface area contributed by atoms with Crippen LogP contribution in [0.1, 0.15) is 10.4 Å². The largest absolute Gasteiger partial charge is 0.465 e. The van der Waals surface area contributed by atoms with E-state index < -0.39 is 28.4 Å². The zero-order valence-electron chi connectivity index (χ0n) is 7.19. The van der Waals surface area contributed by atoms with Gasteiger partial charge in [-0.1, -0.05) is 6.07 Å². The SMILES string of the molecule is COC(=O)c1c(F)cccc1S(=O)O. The van der Waals surface area contributed by atoms with Gasteiger partial charge in [-0.2, -0.15) is 0 Å². The van der Waals surface area contributed by atoms with Crippen molar-refractivity contribution in [2.45, 2.75) is 4.90 Å². The Bertz CT molecular complexity index is 391. The summed E-state index contributed by atoms with van der Waals surface area (Å²) in [6, 6.07) is 3.44. The summed E-state index contributed by atoms with van der Waals surface area (Å²) in [6.07, 6.45) is 0. The van der Waals surface area contributed by atoms with Crippen LogP contribution in [0.15, 0.2) is 23.1 Å². The lowest BCUT2D eigenvalue weighted by Crippen LogP contribution is -2.09. The van der Waals surface area contributed by atoms with Crippen molar-refractivity contribution in [1.82, 2.24) is 0 Å².